The SMILES string of the molecule is CCOC(=O)c1c2ccc(C)cc(C)c-2c(C(=O)OC)c1OC. The molecule has 122 valence electrons. The molecule has 0 N–H and O–H groups in total. The van der Waals surface area contributed by atoms with Crippen LogP contribution in [0.3, 0.4) is 0 Å². The lowest BCUT2D eigenvalue weighted by Gasteiger charge is -2.05. The van der Waals surface area contributed by atoms with E-state index in [2.05, 4.69) is 0 Å². The van der Waals surface area contributed by atoms with Crippen molar-refractivity contribution in [2.24, 2.45) is 0 Å². The highest BCUT2D eigenvalue weighted by Crippen LogP contribution is 2.44. The minimum Gasteiger partial charge on any atom is -0.495 e. The van der Waals surface area contributed by atoms with Crippen LogP contribution in [0, 0.1) is 13.8 Å². The highest BCUT2D eigenvalue weighted by molar-refractivity contribution is 6.13. The predicted molar refractivity (Wildman–Crippen MR) is 86.4 cm³/mol. The molecule has 0 saturated carbocycles. The zero-order valence-corrected chi connectivity index (χ0v) is 14.0. The molecular weight excluding hydrogens is 296 g/mol. The molecular formula is C18H20O5. The number of carbonyl (C=O) groups is 2. The van der Waals surface area contributed by atoms with Gasteiger partial charge in [0.1, 0.15) is 16.9 Å². The van der Waals surface area contributed by atoms with Gasteiger partial charge in [0, 0.05) is 11.1 Å². The molecule has 2 aliphatic rings. The number of esters is 2. The molecule has 0 aromatic heterocycles. The van der Waals surface area contributed by atoms with Crippen molar-refractivity contribution in [3.8, 4) is 16.9 Å². The summed E-state index contributed by atoms with van der Waals surface area (Å²) in [6, 6.07) is 5.64. The van der Waals surface area contributed by atoms with Gasteiger partial charge in [0.2, 0.25) is 0 Å². The molecule has 0 amide bonds. The summed E-state index contributed by atoms with van der Waals surface area (Å²) in [7, 11) is 2.72. The topological polar surface area (TPSA) is 61.8 Å². The third-order valence-electron chi connectivity index (χ3n) is 3.67. The molecule has 0 heterocycles. The van der Waals surface area contributed by atoms with E-state index in [1.165, 1.54) is 14.2 Å². The van der Waals surface area contributed by atoms with Gasteiger partial charge in [-0.1, -0.05) is 23.8 Å². The van der Waals surface area contributed by atoms with Crippen molar-refractivity contribution in [3.63, 3.8) is 0 Å². The Bertz CT molecular complexity index is 733. The smallest absolute Gasteiger partial charge is 0.342 e. The van der Waals surface area contributed by atoms with Crippen molar-refractivity contribution < 1.29 is 23.8 Å². The van der Waals surface area contributed by atoms with E-state index < -0.39 is 11.9 Å². The lowest BCUT2D eigenvalue weighted by molar-refractivity contribution is 0.0524. The third kappa shape index (κ3) is 2.86. The van der Waals surface area contributed by atoms with E-state index in [0.29, 0.717) is 11.1 Å². The summed E-state index contributed by atoms with van der Waals surface area (Å²) in [5.74, 6) is -0.876. The van der Waals surface area contributed by atoms with E-state index in [9.17, 15) is 9.59 Å². The van der Waals surface area contributed by atoms with Gasteiger partial charge in [-0.3, -0.25) is 0 Å². The molecule has 0 radical (unpaired) electrons. The molecule has 0 aromatic rings. The summed E-state index contributed by atoms with van der Waals surface area (Å²) in [5, 5.41) is 0. The number of ether oxygens (including phenoxy) is 3. The van der Waals surface area contributed by atoms with Crippen molar-refractivity contribution in [3.05, 3.63) is 40.5 Å². The molecule has 2 aliphatic carbocycles. The van der Waals surface area contributed by atoms with Crippen molar-refractivity contribution in [2.45, 2.75) is 20.8 Å². The molecule has 0 aromatic carbocycles. The normalized spacial score (nSPS) is 10.5. The number of aryl methyl sites for hydroxylation is 2. The van der Waals surface area contributed by atoms with Gasteiger partial charge < -0.3 is 14.2 Å². The van der Waals surface area contributed by atoms with E-state index in [1.807, 2.05) is 26.0 Å². The third-order valence-corrected chi connectivity index (χ3v) is 3.67. The Labute approximate surface area is 135 Å². The first-order chi connectivity index (χ1) is 11.0. The maximum atomic E-state index is 12.4. The molecule has 0 unspecified atom stereocenters. The molecule has 2 rings (SSSR count). The highest BCUT2D eigenvalue weighted by atomic mass is 16.5. The molecule has 5 nitrogen and oxygen atoms in total. The van der Waals surface area contributed by atoms with Crippen LogP contribution >= 0.6 is 0 Å². The second-order valence-corrected chi connectivity index (χ2v) is 5.19. The van der Waals surface area contributed by atoms with Crippen LogP contribution in [-0.2, 0) is 9.47 Å². The van der Waals surface area contributed by atoms with E-state index in [1.54, 1.807) is 13.0 Å². The van der Waals surface area contributed by atoms with Crippen LogP contribution in [0.25, 0.3) is 11.1 Å². The summed E-state index contributed by atoms with van der Waals surface area (Å²) in [5.41, 5.74) is 3.64. The van der Waals surface area contributed by atoms with Gasteiger partial charge in [-0.25, -0.2) is 9.59 Å². The number of hydrogen-bond acceptors (Lipinski definition) is 5. The van der Waals surface area contributed by atoms with E-state index in [4.69, 9.17) is 14.2 Å². The van der Waals surface area contributed by atoms with Gasteiger partial charge >= 0.3 is 11.9 Å². The molecule has 0 aliphatic heterocycles. The van der Waals surface area contributed by atoms with Crippen molar-refractivity contribution in [2.75, 3.05) is 20.8 Å². The molecule has 0 saturated heterocycles. The van der Waals surface area contributed by atoms with Gasteiger partial charge in [-0.15, -0.1) is 0 Å². The van der Waals surface area contributed by atoms with Crippen molar-refractivity contribution >= 4 is 11.9 Å². The number of fused-ring (bicyclic) bond motifs is 1. The fourth-order valence-electron chi connectivity index (χ4n) is 2.78. The van der Waals surface area contributed by atoms with Crippen LogP contribution in [0.1, 0.15) is 38.8 Å². The van der Waals surface area contributed by atoms with Crippen molar-refractivity contribution in [1.29, 1.82) is 0 Å². The second-order valence-electron chi connectivity index (χ2n) is 5.19. The fraction of sp³-hybridized carbons (Fsp3) is 0.333. The summed E-state index contributed by atoms with van der Waals surface area (Å²) in [4.78, 5) is 24.7. The van der Waals surface area contributed by atoms with Gasteiger partial charge in [0.25, 0.3) is 0 Å². The minimum absolute atomic E-state index is 0.192. The van der Waals surface area contributed by atoms with Crippen LogP contribution in [0.4, 0.5) is 0 Å². The number of rotatable bonds is 4. The number of carbonyl (C=O) groups excluding carboxylic acids is 2. The standard InChI is InChI=1S/C18H20O5/c1-6-23-18(20)14-12-8-7-10(2)9-11(3)13(12)15(16(14)21-4)17(19)22-5/h7-9H,6H2,1-5H3. The van der Waals surface area contributed by atoms with E-state index >= 15 is 0 Å². The zero-order chi connectivity index (χ0) is 17.1. The lowest BCUT2D eigenvalue weighted by Crippen LogP contribution is -2.07. The average Bonchev–Trinajstić information content (AvgIpc) is 2.78. The summed E-state index contributed by atoms with van der Waals surface area (Å²) in [6.07, 6.45) is 0. The maximum Gasteiger partial charge on any atom is 0.342 e. The summed E-state index contributed by atoms with van der Waals surface area (Å²) in [6.45, 7) is 5.80. The largest absolute Gasteiger partial charge is 0.495 e. The Morgan fingerprint density at radius 2 is 1.74 bits per heavy atom. The summed E-state index contributed by atoms with van der Waals surface area (Å²) < 4.78 is 15.4. The van der Waals surface area contributed by atoms with Gasteiger partial charge in [-0.2, -0.15) is 0 Å². The van der Waals surface area contributed by atoms with E-state index in [-0.39, 0.29) is 23.5 Å². The van der Waals surface area contributed by atoms with Crippen LogP contribution in [0.15, 0.2) is 18.2 Å². The fourth-order valence-corrected chi connectivity index (χ4v) is 2.78. The monoisotopic (exact) mass is 316 g/mol. The van der Waals surface area contributed by atoms with Crippen LogP contribution in [0.2, 0.25) is 0 Å². The average molecular weight is 316 g/mol. The molecule has 23 heavy (non-hydrogen) atoms. The first-order valence-corrected chi connectivity index (χ1v) is 7.32. The van der Waals surface area contributed by atoms with Crippen molar-refractivity contribution in [1.82, 2.24) is 0 Å². The Morgan fingerprint density at radius 1 is 1.04 bits per heavy atom. The molecule has 5 heteroatoms. The van der Waals surface area contributed by atoms with Gasteiger partial charge in [0.05, 0.1) is 20.8 Å². The molecule has 0 bridgehead atoms. The first kappa shape index (κ1) is 16.8. The number of methoxy groups -OCH3 is 2. The van der Waals surface area contributed by atoms with Crippen LogP contribution in [0.5, 0.6) is 5.75 Å². The molecule has 0 fully saturated rings. The first-order valence-electron chi connectivity index (χ1n) is 7.32. The Morgan fingerprint density at radius 3 is 2.30 bits per heavy atom. The van der Waals surface area contributed by atoms with Crippen LogP contribution < -0.4 is 4.74 Å². The lowest BCUT2D eigenvalue weighted by atomic mass is 10.0. The molecule has 0 atom stereocenters. The summed E-state index contributed by atoms with van der Waals surface area (Å²) >= 11 is 0. The second kappa shape index (κ2) is 6.69. The highest BCUT2D eigenvalue weighted by Gasteiger charge is 2.33. The van der Waals surface area contributed by atoms with Crippen LogP contribution in [-0.4, -0.2) is 32.8 Å². The maximum absolute atomic E-state index is 12.4. The Balaban J connectivity index is 2.92. The Kier molecular flexibility index (Phi) is 4.89. The quantitative estimate of drug-likeness (QED) is 0.809. The zero-order valence-electron chi connectivity index (χ0n) is 14.0. The van der Waals surface area contributed by atoms with E-state index in [0.717, 1.165) is 11.1 Å². The van der Waals surface area contributed by atoms with Gasteiger partial charge in [-0.05, 0) is 26.3 Å². The number of hydrogen-bond donors (Lipinski definition) is 0. The minimum atomic E-state index is -0.547. The van der Waals surface area contributed by atoms with Gasteiger partial charge in [0.15, 0.2) is 0 Å². The molecule has 0 spiro atoms. The predicted octanol–water partition coefficient (Wildman–Crippen LogP) is 3.38. The Hall–Kier alpha value is -2.56.